The van der Waals surface area contributed by atoms with E-state index in [0.29, 0.717) is 6.04 Å². The van der Waals surface area contributed by atoms with Gasteiger partial charge in [-0.2, -0.15) is 0 Å². The molecule has 0 aromatic carbocycles. The Morgan fingerprint density at radius 1 is 1.00 bits per heavy atom. The third kappa shape index (κ3) is 8.21. The molecule has 2 heteroatoms. The van der Waals surface area contributed by atoms with Crippen molar-refractivity contribution in [2.45, 2.75) is 84.6 Å². The maximum atomic E-state index is 4.54. The molecule has 1 heterocycles. The molecule has 1 atom stereocenters. The Labute approximate surface area is 131 Å². The van der Waals surface area contributed by atoms with Gasteiger partial charge in [-0.1, -0.05) is 65.2 Å². The summed E-state index contributed by atoms with van der Waals surface area (Å²) >= 11 is 0. The lowest BCUT2D eigenvalue weighted by molar-refractivity contribution is 0.466. The summed E-state index contributed by atoms with van der Waals surface area (Å²) in [6.07, 6.45) is 14.2. The lowest BCUT2D eigenvalue weighted by atomic mass is 10.0. The molecule has 0 bridgehead atoms. The Bertz CT molecular complexity index is 362. The van der Waals surface area contributed by atoms with E-state index in [2.05, 4.69) is 43.2 Å². The van der Waals surface area contributed by atoms with Crippen molar-refractivity contribution in [1.29, 1.82) is 0 Å². The molecule has 0 fully saturated rings. The first kappa shape index (κ1) is 18.2. The summed E-state index contributed by atoms with van der Waals surface area (Å²) < 4.78 is 0. The van der Waals surface area contributed by atoms with E-state index in [0.717, 1.165) is 6.54 Å². The zero-order chi connectivity index (χ0) is 15.3. The molecule has 0 aliphatic rings. The molecule has 1 unspecified atom stereocenters. The van der Waals surface area contributed by atoms with E-state index in [9.17, 15) is 0 Å². The number of hydrogen-bond acceptors (Lipinski definition) is 2. The van der Waals surface area contributed by atoms with Crippen molar-refractivity contribution in [2.24, 2.45) is 0 Å². The van der Waals surface area contributed by atoms with Gasteiger partial charge in [0.05, 0.1) is 5.69 Å². The van der Waals surface area contributed by atoms with E-state index in [1.165, 1.54) is 69.0 Å². The number of aromatic nitrogens is 1. The standard InChI is InChI=1S/C19H34N2/c1-4-6-7-8-9-10-11-12-13-18(20-5-2)19-16-17(3)14-15-21-19/h14-16,18,20H,4-13H2,1-3H3. The van der Waals surface area contributed by atoms with Crippen LogP contribution in [0.3, 0.4) is 0 Å². The Morgan fingerprint density at radius 2 is 1.67 bits per heavy atom. The Kier molecular flexibility index (Phi) is 10.1. The van der Waals surface area contributed by atoms with E-state index in [1.807, 2.05) is 6.20 Å². The number of rotatable bonds is 12. The largest absolute Gasteiger partial charge is 0.309 e. The molecule has 1 rings (SSSR count). The second kappa shape index (κ2) is 11.7. The van der Waals surface area contributed by atoms with Crippen molar-refractivity contribution in [3.05, 3.63) is 29.6 Å². The average molecular weight is 290 g/mol. The van der Waals surface area contributed by atoms with Gasteiger partial charge in [0.2, 0.25) is 0 Å². The predicted molar refractivity (Wildman–Crippen MR) is 92.6 cm³/mol. The van der Waals surface area contributed by atoms with Gasteiger partial charge >= 0.3 is 0 Å². The molecule has 21 heavy (non-hydrogen) atoms. The van der Waals surface area contributed by atoms with Crippen LogP contribution in [0.5, 0.6) is 0 Å². The third-order valence-corrected chi connectivity index (χ3v) is 4.09. The zero-order valence-electron chi connectivity index (χ0n) is 14.3. The molecule has 1 aromatic rings. The first-order valence-electron chi connectivity index (χ1n) is 8.93. The number of nitrogens with one attached hydrogen (secondary N) is 1. The SMILES string of the molecule is CCCCCCCCCCC(NCC)c1cc(C)ccn1. The van der Waals surface area contributed by atoms with Crippen LogP contribution in [0.25, 0.3) is 0 Å². The average Bonchev–Trinajstić information content (AvgIpc) is 2.49. The molecule has 2 nitrogen and oxygen atoms in total. The first-order chi connectivity index (χ1) is 10.3. The van der Waals surface area contributed by atoms with Gasteiger partial charge in [0, 0.05) is 12.2 Å². The van der Waals surface area contributed by atoms with E-state index in [-0.39, 0.29) is 0 Å². The van der Waals surface area contributed by atoms with Gasteiger partial charge in [-0.15, -0.1) is 0 Å². The molecule has 0 saturated carbocycles. The second-order valence-corrected chi connectivity index (χ2v) is 6.13. The fourth-order valence-corrected chi connectivity index (χ4v) is 2.83. The highest BCUT2D eigenvalue weighted by atomic mass is 14.9. The summed E-state index contributed by atoms with van der Waals surface area (Å²) in [4.78, 5) is 4.54. The van der Waals surface area contributed by atoms with Crippen LogP contribution in [0, 0.1) is 6.92 Å². The van der Waals surface area contributed by atoms with Crippen LogP contribution >= 0.6 is 0 Å². The second-order valence-electron chi connectivity index (χ2n) is 6.13. The fraction of sp³-hybridized carbons (Fsp3) is 0.737. The lowest BCUT2D eigenvalue weighted by Gasteiger charge is -2.17. The highest BCUT2D eigenvalue weighted by molar-refractivity contribution is 5.17. The highest BCUT2D eigenvalue weighted by Crippen LogP contribution is 2.19. The number of unbranched alkanes of at least 4 members (excludes halogenated alkanes) is 7. The molecule has 120 valence electrons. The van der Waals surface area contributed by atoms with Crippen LogP contribution in [-0.4, -0.2) is 11.5 Å². The normalized spacial score (nSPS) is 12.5. The van der Waals surface area contributed by atoms with Crippen LogP contribution in [0.1, 0.15) is 88.9 Å². The van der Waals surface area contributed by atoms with Crippen LogP contribution in [0.4, 0.5) is 0 Å². The zero-order valence-corrected chi connectivity index (χ0v) is 14.3. The summed E-state index contributed by atoms with van der Waals surface area (Å²) in [5, 5.41) is 3.58. The van der Waals surface area contributed by atoms with Gasteiger partial charge < -0.3 is 5.32 Å². The van der Waals surface area contributed by atoms with Crippen LogP contribution in [0.15, 0.2) is 18.3 Å². The van der Waals surface area contributed by atoms with Gasteiger partial charge in [0.25, 0.3) is 0 Å². The minimum atomic E-state index is 0.426. The van der Waals surface area contributed by atoms with E-state index in [4.69, 9.17) is 0 Å². The highest BCUT2D eigenvalue weighted by Gasteiger charge is 2.11. The van der Waals surface area contributed by atoms with Crippen molar-refractivity contribution in [1.82, 2.24) is 10.3 Å². The molecule has 1 N–H and O–H groups in total. The number of aryl methyl sites for hydroxylation is 1. The summed E-state index contributed by atoms with van der Waals surface area (Å²) in [7, 11) is 0. The molecule has 0 aliphatic carbocycles. The van der Waals surface area contributed by atoms with E-state index in [1.54, 1.807) is 0 Å². The summed E-state index contributed by atoms with van der Waals surface area (Å²) in [6, 6.07) is 4.72. The van der Waals surface area contributed by atoms with Crippen LogP contribution in [0.2, 0.25) is 0 Å². The summed E-state index contributed by atoms with van der Waals surface area (Å²) in [5.41, 5.74) is 2.51. The van der Waals surface area contributed by atoms with Crippen molar-refractivity contribution >= 4 is 0 Å². The van der Waals surface area contributed by atoms with Crippen molar-refractivity contribution in [2.75, 3.05) is 6.54 Å². The van der Waals surface area contributed by atoms with Crippen molar-refractivity contribution in [3.63, 3.8) is 0 Å². The maximum Gasteiger partial charge on any atom is 0.0575 e. The van der Waals surface area contributed by atoms with E-state index >= 15 is 0 Å². The number of hydrogen-bond donors (Lipinski definition) is 1. The summed E-state index contributed by atoms with van der Waals surface area (Å²) in [5.74, 6) is 0. The van der Waals surface area contributed by atoms with Crippen molar-refractivity contribution < 1.29 is 0 Å². The first-order valence-corrected chi connectivity index (χ1v) is 8.93. The monoisotopic (exact) mass is 290 g/mol. The molecule has 0 radical (unpaired) electrons. The van der Waals surface area contributed by atoms with Crippen LogP contribution in [-0.2, 0) is 0 Å². The molecule has 0 spiro atoms. The lowest BCUT2D eigenvalue weighted by Crippen LogP contribution is -2.21. The fourth-order valence-electron chi connectivity index (χ4n) is 2.83. The molecule has 0 amide bonds. The Morgan fingerprint density at radius 3 is 2.29 bits per heavy atom. The predicted octanol–water partition coefficient (Wildman–Crippen LogP) is 5.57. The molecular formula is C19H34N2. The smallest absolute Gasteiger partial charge is 0.0575 e. The Balaban J connectivity index is 2.23. The van der Waals surface area contributed by atoms with Gasteiger partial charge in [-0.05, 0) is 37.6 Å². The van der Waals surface area contributed by atoms with Gasteiger partial charge in [0.1, 0.15) is 0 Å². The third-order valence-electron chi connectivity index (χ3n) is 4.09. The molecule has 0 aliphatic heterocycles. The van der Waals surface area contributed by atoms with Crippen molar-refractivity contribution in [3.8, 4) is 0 Å². The quantitative estimate of drug-likeness (QED) is 0.509. The van der Waals surface area contributed by atoms with E-state index < -0.39 is 0 Å². The van der Waals surface area contributed by atoms with Gasteiger partial charge in [-0.3, -0.25) is 4.98 Å². The Hall–Kier alpha value is -0.890. The number of nitrogens with zero attached hydrogens (tertiary/aromatic N) is 1. The molecule has 1 aromatic heterocycles. The minimum absolute atomic E-state index is 0.426. The summed E-state index contributed by atoms with van der Waals surface area (Å²) in [6.45, 7) is 7.61. The van der Waals surface area contributed by atoms with Crippen LogP contribution < -0.4 is 5.32 Å². The topological polar surface area (TPSA) is 24.9 Å². The molecular weight excluding hydrogens is 256 g/mol. The maximum absolute atomic E-state index is 4.54. The molecule has 0 saturated heterocycles. The van der Waals surface area contributed by atoms with Gasteiger partial charge in [0.15, 0.2) is 0 Å². The van der Waals surface area contributed by atoms with Gasteiger partial charge in [-0.25, -0.2) is 0 Å². The minimum Gasteiger partial charge on any atom is -0.309 e. The number of pyridine rings is 1.